The van der Waals surface area contributed by atoms with E-state index in [1.54, 1.807) is 19.1 Å². The van der Waals surface area contributed by atoms with Gasteiger partial charge in [-0.3, -0.25) is 5.43 Å². The normalized spacial score (nSPS) is 12.5. The van der Waals surface area contributed by atoms with Crippen LogP contribution in [-0.4, -0.2) is 17.8 Å². The Morgan fingerprint density at radius 1 is 1.31 bits per heavy atom. The van der Waals surface area contributed by atoms with Gasteiger partial charge in [0.2, 0.25) is 0 Å². The van der Waals surface area contributed by atoms with Crippen molar-refractivity contribution in [2.24, 2.45) is 5.10 Å². The number of hydrogen-bond acceptors (Lipinski definition) is 5. The fraction of sp³-hybridized carbons (Fsp3) is 0.176. The van der Waals surface area contributed by atoms with E-state index in [2.05, 4.69) is 15.5 Å². The number of anilines is 1. The maximum Gasteiger partial charge on any atom is 0.417 e. The molecule has 9 heteroatoms. The fourth-order valence-electron chi connectivity index (χ4n) is 2.24. The molecule has 0 spiro atoms. The van der Waals surface area contributed by atoms with Crippen LogP contribution in [0.4, 0.5) is 19.0 Å². The number of pyridine rings is 1. The zero-order valence-electron chi connectivity index (χ0n) is 13.7. The van der Waals surface area contributed by atoms with E-state index in [0.717, 1.165) is 11.5 Å². The molecule has 2 heterocycles. The molecule has 0 aliphatic rings. The molecule has 3 aromatic rings. The zero-order chi connectivity index (χ0) is 18.9. The number of alkyl halides is 3. The Bertz CT molecular complexity index is 983. The zero-order valence-corrected chi connectivity index (χ0v) is 14.4. The highest BCUT2D eigenvalue weighted by Gasteiger charge is 2.31. The van der Waals surface area contributed by atoms with Crippen molar-refractivity contribution in [2.75, 3.05) is 12.5 Å². The average Bonchev–Trinajstić information content (AvgIpc) is 3.03. The molecule has 26 heavy (non-hydrogen) atoms. The first-order valence-corrected chi connectivity index (χ1v) is 7.77. The van der Waals surface area contributed by atoms with Gasteiger partial charge in [0.15, 0.2) is 22.9 Å². The van der Waals surface area contributed by atoms with Gasteiger partial charge < -0.3 is 9.15 Å². The predicted octanol–water partition coefficient (Wildman–Crippen LogP) is 5.34. The standard InChI is InChI=1S/C17H13ClF3N3O2/c1-9(14-6-10-4-3-5-13(25-2)15(10)26-14)23-24-16-12(18)7-11(8-22-16)17(19,20)21/h3-8H,1-2H3,(H,22,24)/b23-9+. The molecule has 0 aliphatic carbocycles. The number of fused-ring (bicyclic) bond motifs is 1. The van der Waals surface area contributed by atoms with Gasteiger partial charge in [-0.15, -0.1) is 0 Å². The van der Waals surface area contributed by atoms with Gasteiger partial charge >= 0.3 is 6.18 Å². The van der Waals surface area contributed by atoms with Crippen LogP contribution in [0.2, 0.25) is 5.02 Å². The van der Waals surface area contributed by atoms with Gasteiger partial charge in [0.1, 0.15) is 5.71 Å². The maximum atomic E-state index is 12.6. The molecule has 0 aliphatic heterocycles. The lowest BCUT2D eigenvalue weighted by Gasteiger charge is -2.08. The topological polar surface area (TPSA) is 59.6 Å². The van der Waals surface area contributed by atoms with E-state index in [1.807, 2.05) is 12.1 Å². The van der Waals surface area contributed by atoms with E-state index >= 15 is 0 Å². The van der Waals surface area contributed by atoms with Gasteiger partial charge in [0.25, 0.3) is 0 Å². The molecule has 0 amide bonds. The quantitative estimate of drug-likeness (QED) is 0.487. The number of para-hydroxylation sites is 1. The van der Waals surface area contributed by atoms with E-state index in [-0.39, 0.29) is 10.8 Å². The first-order chi connectivity index (χ1) is 12.3. The molecular formula is C17H13ClF3N3O2. The minimum absolute atomic E-state index is 0.00714. The fourth-order valence-corrected chi connectivity index (χ4v) is 2.45. The van der Waals surface area contributed by atoms with Crippen molar-refractivity contribution in [3.05, 3.63) is 52.9 Å². The van der Waals surface area contributed by atoms with Crippen molar-refractivity contribution in [2.45, 2.75) is 13.1 Å². The molecule has 1 aromatic carbocycles. The summed E-state index contributed by atoms with van der Waals surface area (Å²) in [4.78, 5) is 3.66. The molecule has 136 valence electrons. The number of ether oxygens (including phenoxy) is 1. The van der Waals surface area contributed by atoms with Gasteiger partial charge in [0.05, 0.1) is 17.7 Å². The van der Waals surface area contributed by atoms with Crippen LogP contribution in [0.15, 0.2) is 46.0 Å². The van der Waals surface area contributed by atoms with E-state index < -0.39 is 11.7 Å². The lowest BCUT2D eigenvalue weighted by Crippen LogP contribution is -2.07. The van der Waals surface area contributed by atoms with Crippen LogP contribution in [0.25, 0.3) is 11.0 Å². The highest BCUT2D eigenvalue weighted by Crippen LogP contribution is 2.32. The monoisotopic (exact) mass is 383 g/mol. The molecule has 5 nitrogen and oxygen atoms in total. The van der Waals surface area contributed by atoms with Crippen LogP contribution in [0.1, 0.15) is 18.2 Å². The Morgan fingerprint density at radius 3 is 2.73 bits per heavy atom. The number of methoxy groups -OCH3 is 1. The van der Waals surface area contributed by atoms with E-state index in [1.165, 1.54) is 7.11 Å². The Labute approximate surface area is 151 Å². The maximum absolute atomic E-state index is 12.6. The van der Waals surface area contributed by atoms with Crippen LogP contribution in [-0.2, 0) is 6.18 Å². The second-order valence-corrected chi connectivity index (χ2v) is 5.76. The van der Waals surface area contributed by atoms with Crippen molar-refractivity contribution in [1.82, 2.24) is 4.98 Å². The van der Waals surface area contributed by atoms with Gasteiger partial charge in [-0.1, -0.05) is 23.7 Å². The van der Waals surface area contributed by atoms with Crippen molar-refractivity contribution >= 4 is 34.1 Å². The summed E-state index contributed by atoms with van der Waals surface area (Å²) in [6.07, 6.45) is -3.83. The Hall–Kier alpha value is -2.74. The van der Waals surface area contributed by atoms with E-state index in [4.69, 9.17) is 20.8 Å². The minimum atomic E-state index is -4.51. The van der Waals surface area contributed by atoms with Gasteiger partial charge in [0, 0.05) is 11.6 Å². The van der Waals surface area contributed by atoms with Crippen molar-refractivity contribution in [3.8, 4) is 5.75 Å². The molecule has 0 radical (unpaired) electrons. The summed E-state index contributed by atoms with van der Waals surface area (Å²) in [6.45, 7) is 1.68. The molecule has 3 rings (SSSR count). The third-order valence-electron chi connectivity index (χ3n) is 3.58. The summed E-state index contributed by atoms with van der Waals surface area (Å²) < 4.78 is 48.9. The Morgan fingerprint density at radius 2 is 2.08 bits per heavy atom. The summed E-state index contributed by atoms with van der Waals surface area (Å²) >= 11 is 5.83. The van der Waals surface area contributed by atoms with E-state index in [9.17, 15) is 13.2 Å². The smallest absolute Gasteiger partial charge is 0.417 e. The molecule has 1 N–H and O–H groups in total. The average molecular weight is 384 g/mol. The Balaban J connectivity index is 1.85. The second kappa shape index (κ2) is 6.87. The molecule has 0 bridgehead atoms. The van der Waals surface area contributed by atoms with Crippen LogP contribution in [0.5, 0.6) is 5.75 Å². The van der Waals surface area contributed by atoms with Crippen molar-refractivity contribution in [1.29, 1.82) is 0 Å². The highest BCUT2D eigenvalue weighted by molar-refractivity contribution is 6.33. The first kappa shape index (κ1) is 18.1. The summed E-state index contributed by atoms with van der Waals surface area (Å²) in [7, 11) is 1.54. The largest absolute Gasteiger partial charge is 0.493 e. The highest BCUT2D eigenvalue weighted by atomic mass is 35.5. The number of benzene rings is 1. The third kappa shape index (κ3) is 3.60. The number of aromatic nitrogens is 1. The molecule has 0 fully saturated rings. The van der Waals surface area contributed by atoms with Crippen molar-refractivity contribution in [3.63, 3.8) is 0 Å². The van der Waals surface area contributed by atoms with Crippen LogP contribution in [0, 0.1) is 0 Å². The molecular weight excluding hydrogens is 371 g/mol. The molecule has 0 saturated carbocycles. The van der Waals surface area contributed by atoms with Gasteiger partial charge in [-0.2, -0.15) is 18.3 Å². The number of halogens is 4. The van der Waals surface area contributed by atoms with Crippen LogP contribution >= 0.6 is 11.6 Å². The minimum Gasteiger partial charge on any atom is -0.493 e. The summed E-state index contributed by atoms with van der Waals surface area (Å²) in [6, 6.07) is 8.02. The second-order valence-electron chi connectivity index (χ2n) is 5.35. The molecule has 0 unspecified atom stereocenters. The molecule has 0 saturated heterocycles. The SMILES string of the molecule is COc1cccc2cc(/C(C)=N/Nc3ncc(C(F)(F)F)cc3Cl)oc12. The van der Waals surface area contributed by atoms with Crippen LogP contribution < -0.4 is 10.2 Å². The summed E-state index contributed by atoms with van der Waals surface area (Å²) in [5.74, 6) is 1.06. The summed E-state index contributed by atoms with van der Waals surface area (Å²) in [5, 5.41) is 4.71. The molecule has 0 atom stereocenters. The number of nitrogens with one attached hydrogen (secondary N) is 1. The van der Waals surface area contributed by atoms with E-state index in [0.29, 0.717) is 29.0 Å². The Kier molecular flexibility index (Phi) is 4.78. The summed E-state index contributed by atoms with van der Waals surface area (Å²) in [5.41, 5.74) is 2.65. The van der Waals surface area contributed by atoms with Crippen molar-refractivity contribution < 1.29 is 22.3 Å². The van der Waals surface area contributed by atoms with Gasteiger partial charge in [-0.05, 0) is 25.1 Å². The molecule has 2 aromatic heterocycles. The number of hydrogen-bond donors (Lipinski definition) is 1. The lowest BCUT2D eigenvalue weighted by atomic mass is 10.2. The number of furan rings is 1. The number of nitrogens with zero attached hydrogens (tertiary/aromatic N) is 2. The van der Waals surface area contributed by atoms with Crippen LogP contribution in [0.3, 0.4) is 0 Å². The third-order valence-corrected chi connectivity index (χ3v) is 3.87. The first-order valence-electron chi connectivity index (χ1n) is 7.39. The van der Waals surface area contributed by atoms with Gasteiger partial charge in [-0.25, -0.2) is 4.98 Å². The predicted molar refractivity (Wildman–Crippen MR) is 92.8 cm³/mol. The number of hydrazone groups is 1. The number of rotatable bonds is 4. The lowest BCUT2D eigenvalue weighted by molar-refractivity contribution is -0.137.